The summed E-state index contributed by atoms with van der Waals surface area (Å²) < 4.78 is 18.8. The van der Waals surface area contributed by atoms with Crippen molar-refractivity contribution in [3.63, 3.8) is 0 Å². The summed E-state index contributed by atoms with van der Waals surface area (Å²) in [4.78, 5) is 0. The largest absolute Gasteiger partial charge is 0.497 e. The Morgan fingerprint density at radius 1 is 1.20 bits per heavy atom. The Morgan fingerprint density at radius 3 is 2.55 bits per heavy atom. The minimum atomic E-state index is -0.407. The van der Waals surface area contributed by atoms with E-state index in [1.54, 1.807) is 13.2 Å². The lowest BCUT2D eigenvalue weighted by atomic mass is 9.95. The van der Waals surface area contributed by atoms with Gasteiger partial charge in [-0.3, -0.25) is 0 Å². The highest BCUT2D eigenvalue weighted by Crippen LogP contribution is 2.32. The molecule has 0 heterocycles. The molecule has 0 spiro atoms. The van der Waals surface area contributed by atoms with E-state index < -0.39 is 5.82 Å². The van der Waals surface area contributed by atoms with Gasteiger partial charge in [-0.05, 0) is 48.9 Å². The molecule has 2 aromatic carbocycles. The van der Waals surface area contributed by atoms with Crippen molar-refractivity contribution < 1.29 is 9.13 Å². The minimum Gasteiger partial charge on any atom is -0.497 e. The van der Waals surface area contributed by atoms with Gasteiger partial charge in [0.15, 0.2) is 0 Å². The van der Waals surface area contributed by atoms with E-state index >= 15 is 0 Å². The average Bonchev–Trinajstić information content (AvgIpc) is 2.45. The lowest BCUT2D eigenvalue weighted by Gasteiger charge is -2.21. The number of benzene rings is 2. The van der Waals surface area contributed by atoms with Crippen molar-refractivity contribution in [2.45, 2.75) is 13.0 Å². The van der Waals surface area contributed by atoms with Crippen LogP contribution in [0.25, 0.3) is 0 Å². The molecule has 4 heteroatoms. The summed E-state index contributed by atoms with van der Waals surface area (Å²) in [7, 11) is 3.46. The summed E-state index contributed by atoms with van der Waals surface area (Å²) in [6.07, 6.45) is 0. The Balaban J connectivity index is 2.50. The van der Waals surface area contributed by atoms with Crippen LogP contribution in [0.4, 0.5) is 4.39 Å². The third-order valence-corrected chi connectivity index (χ3v) is 3.77. The number of nitrogens with one attached hydrogen (secondary N) is 1. The van der Waals surface area contributed by atoms with Gasteiger partial charge in [-0.15, -0.1) is 0 Å². The summed E-state index contributed by atoms with van der Waals surface area (Å²) in [6, 6.07) is 10.5. The van der Waals surface area contributed by atoms with Crippen molar-refractivity contribution in [3.05, 3.63) is 63.9 Å². The third-order valence-electron chi connectivity index (χ3n) is 3.37. The average molecular weight is 294 g/mol. The maximum absolute atomic E-state index is 13.6. The molecule has 0 aliphatic heterocycles. The standard InChI is InChI=1S/C16H17ClFNO/c1-10-9-11(20-3)7-8-12(10)16(19-2)13-5-4-6-14(18)15(13)17/h4-9,16,19H,1-3H3. The van der Waals surface area contributed by atoms with Gasteiger partial charge in [0.2, 0.25) is 0 Å². The van der Waals surface area contributed by atoms with Crippen LogP contribution in [-0.2, 0) is 0 Å². The highest BCUT2D eigenvalue weighted by atomic mass is 35.5. The Labute approximate surface area is 123 Å². The monoisotopic (exact) mass is 293 g/mol. The van der Waals surface area contributed by atoms with Crippen LogP contribution in [0, 0.1) is 12.7 Å². The zero-order valence-corrected chi connectivity index (χ0v) is 12.5. The van der Waals surface area contributed by atoms with Gasteiger partial charge in [0.1, 0.15) is 11.6 Å². The van der Waals surface area contributed by atoms with Crippen molar-refractivity contribution in [2.75, 3.05) is 14.2 Å². The maximum Gasteiger partial charge on any atom is 0.142 e. The van der Waals surface area contributed by atoms with Crippen molar-refractivity contribution in [1.29, 1.82) is 0 Å². The number of ether oxygens (including phenoxy) is 1. The van der Waals surface area contributed by atoms with Crippen LogP contribution in [0.5, 0.6) is 5.75 Å². The Morgan fingerprint density at radius 2 is 1.95 bits per heavy atom. The van der Waals surface area contributed by atoms with Gasteiger partial charge in [-0.25, -0.2) is 4.39 Å². The molecule has 0 aliphatic carbocycles. The lowest BCUT2D eigenvalue weighted by Crippen LogP contribution is -2.19. The summed E-state index contributed by atoms with van der Waals surface area (Å²) in [5.74, 6) is 0.391. The molecule has 0 saturated carbocycles. The molecular formula is C16H17ClFNO. The first-order chi connectivity index (χ1) is 9.58. The number of halogens is 2. The van der Waals surface area contributed by atoms with E-state index in [0.29, 0.717) is 0 Å². The fourth-order valence-electron chi connectivity index (χ4n) is 2.32. The van der Waals surface area contributed by atoms with E-state index in [-0.39, 0.29) is 11.1 Å². The van der Waals surface area contributed by atoms with Crippen LogP contribution in [0.1, 0.15) is 22.7 Å². The second-order valence-corrected chi connectivity index (χ2v) is 4.97. The quantitative estimate of drug-likeness (QED) is 0.916. The topological polar surface area (TPSA) is 21.3 Å². The molecule has 0 fully saturated rings. The van der Waals surface area contributed by atoms with Gasteiger partial charge in [-0.1, -0.05) is 29.8 Å². The zero-order chi connectivity index (χ0) is 14.7. The Kier molecular flexibility index (Phi) is 4.63. The fourth-order valence-corrected chi connectivity index (χ4v) is 2.56. The highest BCUT2D eigenvalue weighted by molar-refractivity contribution is 6.31. The number of aryl methyl sites for hydroxylation is 1. The smallest absolute Gasteiger partial charge is 0.142 e. The van der Waals surface area contributed by atoms with Crippen LogP contribution < -0.4 is 10.1 Å². The Bertz CT molecular complexity index is 615. The molecule has 106 valence electrons. The second kappa shape index (κ2) is 6.25. The van der Waals surface area contributed by atoms with Gasteiger partial charge >= 0.3 is 0 Å². The van der Waals surface area contributed by atoms with Gasteiger partial charge in [0.05, 0.1) is 18.2 Å². The van der Waals surface area contributed by atoms with Gasteiger partial charge in [0, 0.05) is 0 Å². The SMILES string of the molecule is CNC(c1ccc(OC)cc1C)c1cccc(F)c1Cl. The van der Waals surface area contributed by atoms with Crippen molar-refractivity contribution in [2.24, 2.45) is 0 Å². The first-order valence-electron chi connectivity index (χ1n) is 6.34. The van der Waals surface area contributed by atoms with Crippen molar-refractivity contribution >= 4 is 11.6 Å². The van der Waals surface area contributed by atoms with E-state index in [9.17, 15) is 4.39 Å². The summed E-state index contributed by atoms with van der Waals surface area (Å²) in [6.45, 7) is 2.00. The molecule has 1 N–H and O–H groups in total. The lowest BCUT2D eigenvalue weighted by molar-refractivity contribution is 0.414. The molecule has 0 amide bonds. The fraction of sp³-hybridized carbons (Fsp3) is 0.250. The third kappa shape index (κ3) is 2.79. The molecule has 1 atom stereocenters. The van der Waals surface area contributed by atoms with E-state index in [2.05, 4.69) is 5.32 Å². The van der Waals surface area contributed by atoms with Crippen LogP contribution >= 0.6 is 11.6 Å². The number of rotatable bonds is 4. The van der Waals surface area contributed by atoms with E-state index in [4.69, 9.17) is 16.3 Å². The predicted molar refractivity (Wildman–Crippen MR) is 80.0 cm³/mol. The van der Waals surface area contributed by atoms with E-state index in [1.165, 1.54) is 6.07 Å². The normalized spacial score (nSPS) is 12.2. The first-order valence-corrected chi connectivity index (χ1v) is 6.72. The molecule has 2 aromatic rings. The predicted octanol–water partition coefficient (Wildman–Crippen LogP) is 4.10. The van der Waals surface area contributed by atoms with E-state index in [1.807, 2.05) is 38.2 Å². The van der Waals surface area contributed by atoms with Gasteiger partial charge in [-0.2, -0.15) is 0 Å². The highest BCUT2D eigenvalue weighted by Gasteiger charge is 2.19. The maximum atomic E-state index is 13.6. The minimum absolute atomic E-state index is 0.155. The molecule has 20 heavy (non-hydrogen) atoms. The molecule has 0 saturated heterocycles. The first kappa shape index (κ1) is 14.8. The number of hydrogen-bond acceptors (Lipinski definition) is 2. The second-order valence-electron chi connectivity index (χ2n) is 4.59. The molecular weight excluding hydrogens is 277 g/mol. The van der Waals surface area contributed by atoms with Crippen LogP contribution in [-0.4, -0.2) is 14.2 Å². The van der Waals surface area contributed by atoms with Gasteiger partial charge in [0.25, 0.3) is 0 Å². The zero-order valence-electron chi connectivity index (χ0n) is 11.7. The molecule has 0 aliphatic rings. The van der Waals surface area contributed by atoms with Gasteiger partial charge < -0.3 is 10.1 Å². The molecule has 0 bridgehead atoms. The summed E-state index contributed by atoms with van der Waals surface area (Å²) >= 11 is 6.09. The Hall–Kier alpha value is -1.58. The van der Waals surface area contributed by atoms with Crippen molar-refractivity contribution in [3.8, 4) is 5.75 Å². The number of methoxy groups -OCH3 is 1. The summed E-state index contributed by atoms with van der Waals surface area (Å²) in [5, 5.41) is 3.34. The number of hydrogen-bond donors (Lipinski definition) is 1. The van der Waals surface area contributed by atoms with Crippen LogP contribution in [0.2, 0.25) is 5.02 Å². The van der Waals surface area contributed by atoms with E-state index in [0.717, 1.165) is 22.4 Å². The molecule has 2 nitrogen and oxygen atoms in total. The summed E-state index contributed by atoms with van der Waals surface area (Å²) in [5.41, 5.74) is 2.83. The van der Waals surface area contributed by atoms with Crippen LogP contribution in [0.15, 0.2) is 36.4 Å². The molecule has 2 rings (SSSR count). The molecule has 0 radical (unpaired) electrons. The molecule has 0 aromatic heterocycles. The van der Waals surface area contributed by atoms with Crippen molar-refractivity contribution in [1.82, 2.24) is 5.32 Å². The molecule has 1 unspecified atom stereocenters. The van der Waals surface area contributed by atoms with Crippen LogP contribution in [0.3, 0.4) is 0 Å².